The molecule has 1 aliphatic rings. The van der Waals surface area contributed by atoms with Crippen LogP contribution in [0.2, 0.25) is 0 Å². The standard InChI is InChI=1S/C20H18BrN5O2S2/c21-13-5-6-17-22-14(9-18(27)25(17)10-13)12-30-20-24-23-19(16-4-2-8-29-16)26(20)11-15-3-1-7-28-15/h2,4-6,8-10,15H,1,3,7,11-12H2. The van der Waals surface area contributed by atoms with Gasteiger partial charge in [-0.25, -0.2) is 4.98 Å². The van der Waals surface area contributed by atoms with Gasteiger partial charge < -0.3 is 4.74 Å². The second-order valence-corrected chi connectivity index (χ2v) is 9.78. The third-order valence-corrected chi connectivity index (χ3v) is 7.23. The summed E-state index contributed by atoms with van der Waals surface area (Å²) < 4.78 is 10.4. The van der Waals surface area contributed by atoms with Gasteiger partial charge in [-0.1, -0.05) is 17.8 Å². The molecule has 30 heavy (non-hydrogen) atoms. The molecule has 0 radical (unpaired) electrons. The average Bonchev–Trinajstić information content (AvgIpc) is 3.50. The summed E-state index contributed by atoms with van der Waals surface area (Å²) in [6.45, 7) is 1.54. The highest BCUT2D eigenvalue weighted by Gasteiger charge is 2.22. The number of pyridine rings is 1. The number of hydrogen-bond acceptors (Lipinski definition) is 7. The minimum Gasteiger partial charge on any atom is -0.376 e. The van der Waals surface area contributed by atoms with Crippen molar-refractivity contribution in [2.75, 3.05) is 6.61 Å². The van der Waals surface area contributed by atoms with Crippen LogP contribution in [0.3, 0.4) is 0 Å². The van der Waals surface area contributed by atoms with Crippen molar-refractivity contribution in [1.82, 2.24) is 24.1 Å². The van der Waals surface area contributed by atoms with E-state index in [1.54, 1.807) is 35.4 Å². The Kier molecular flexibility index (Phi) is 5.72. The first kappa shape index (κ1) is 19.9. The maximum Gasteiger partial charge on any atom is 0.258 e. The van der Waals surface area contributed by atoms with E-state index in [0.29, 0.717) is 11.4 Å². The lowest BCUT2D eigenvalue weighted by atomic mass is 10.2. The van der Waals surface area contributed by atoms with Crippen LogP contribution in [-0.4, -0.2) is 36.9 Å². The average molecular weight is 504 g/mol. The van der Waals surface area contributed by atoms with E-state index in [9.17, 15) is 4.79 Å². The van der Waals surface area contributed by atoms with Crippen LogP contribution in [0.1, 0.15) is 18.5 Å². The van der Waals surface area contributed by atoms with Gasteiger partial charge in [-0.3, -0.25) is 13.8 Å². The molecular formula is C20H18BrN5O2S2. The molecule has 1 saturated heterocycles. The molecule has 0 aliphatic carbocycles. The highest BCUT2D eigenvalue weighted by atomic mass is 79.9. The van der Waals surface area contributed by atoms with Crippen molar-refractivity contribution in [2.45, 2.75) is 36.4 Å². The van der Waals surface area contributed by atoms with E-state index in [1.807, 2.05) is 23.6 Å². The molecule has 0 saturated carbocycles. The number of thiophene rings is 1. The fourth-order valence-electron chi connectivity index (χ4n) is 3.48. The first-order valence-corrected chi connectivity index (χ1v) is 12.2. The van der Waals surface area contributed by atoms with Crippen LogP contribution < -0.4 is 5.56 Å². The smallest absolute Gasteiger partial charge is 0.258 e. The van der Waals surface area contributed by atoms with Crippen molar-refractivity contribution in [3.05, 3.63) is 62.4 Å². The van der Waals surface area contributed by atoms with E-state index < -0.39 is 0 Å². The summed E-state index contributed by atoms with van der Waals surface area (Å²) in [5.74, 6) is 1.40. The Labute approximate surface area is 189 Å². The predicted octanol–water partition coefficient (Wildman–Crippen LogP) is 4.25. The molecule has 1 aliphatic heterocycles. The second-order valence-electron chi connectivity index (χ2n) is 6.98. The fourth-order valence-corrected chi connectivity index (χ4v) is 5.37. The van der Waals surface area contributed by atoms with Crippen LogP contribution in [0.15, 0.2) is 56.3 Å². The minimum absolute atomic E-state index is 0.100. The number of aromatic nitrogens is 5. The van der Waals surface area contributed by atoms with Crippen LogP contribution in [0.5, 0.6) is 0 Å². The normalized spacial score (nSPS) is 16.5. The van der Waals surface area contributed by atoms with Crippen molar-refractivity contribution in [3.63, 3.8) is 0 Å². The number of rotatable bonds is 6. The zero-order valence-electron chi connectivity index (χ0n) is 15.9. The predicted molar refractivity (Wildman–Crippen MR) is 121 cm³/mol. The maximum absolute atomic E-state index is 12.5. The van der Waals surface area contributed by atoms with Crippen molar-refractivity contribution < 1.29 is 4.74 Å². The van der Waals surface area contributed by atoms with E-state index in [0.717, 1.165) is 52.0 Å². The number of ether oxygens (including phenoxy) is 1. The van der Waals surface area contributed by atoms with Crippen LogP contribution in [0.25, 0.3) is 16.3 Å². The third kappa shape index (κ3) is 4.09. The zero-order valence-corrected chi connectivity index (χ0v) is 19.1. The van der Waals surface area contributed by atoms with Gasteiger partial charge >= 0.3 is 0 Å². The highest BCUT2D eigenvalue weighted by molar-refractivity contribution is 9.10. The van der Waals surface area contributed by atoms with Gasteiger partial charge in [-0.2, -0.15) is 0 Å². The molecule has 4 aromatic rings. The molecule has 1 atom stereocenters. The molecule has 4 aromatic heterocycles. The highest BCUT2D eigenvalue weighted by Crippen LogP contribution is 2.30. The Morgan fingerprint density at radius 3 is 3.03 bits per heavy atom. The van der Waals surface area contributed by atoms with Gasteiger partial charge in [0.25, 0.3) is 5.56 Å². The molecule has 0 bridgehead atoms. The number of halogens is 1. The summed E-state index contributed by atoms with van der Waals surface area (Å²) in [4.78, 5) is 18.2. The minimum atomic E-state index is -0.100. The van der Waals surface area contributed by atoms with Crippen LogP contribution in [-0.2, 0) is 17.0 Å². The van der Waals surface area contributed by atoms with Gasteiger partial charge in [0.05, 0.1) is 23.2 Å². The van der Waals surface area contributed by atoms with Crippen molar-refractivity contribution in [1.29, 1.82) is 0 Å². The number of hydrogen-bond donors (Lipinski definition) is 0. The van der Waals surface area contributed by atoms with Crippen molar-refractivity contribution in [3.8, 4) is 10.7 Å². The lowest BCUT2D eigenvalue weighted by molar-refractivity contribution is 0.0953. The number of thioether (sulfide) groups is 1. The van der Waals surface area contributed by atoms with Gasteiger partial charge in [0.1, 0.15) is 5.65 Å². The van der Waals surface area contributed by atoms with E-state index >= 15 is 0 Å². The SMILES string of the molecule is O=c1cc(CSc2nnc(-c3cccs3)n2CC2CCCO2)nc2ccc(Br)cn12. The van der Waals surface area contributed by atoms with Crippen molar-refractivity contribution in [2.24, 2.45) is 0 Å². The van der Waals surface area contributed by atoms with E-state index in [4.69, 9.17) is 4.74 Å². The summed E-state index contributed by atoms with van der Waals surface area (Å²) in [6.07, 6.45) is 4.05. The second kappa shape index (κ2) is 8.62. The lowest BCUT2D eigenvalue weighted by Gasteiger charge is -2.14. The molecule has 0 aromatic carbocycles. The molecule has 0 amide bonds. The molecule has 154 valence electrons. The molecule has 5 rings (SSSR count). The van der Waals surface area contributed by atoms with E-state index in [2.05, 4.69) is 41.7 Å². The lowest BCUT2D eigenvalue weighted by Crippen LogP contribution is -2.17. The Morgan fingerprint density at radius 2 is 2.23 bits per heavy atom. The third-order valence-electron chi connectivity index (χ3n) is 4.89. The topological polar surface area (TPSA) is 74.3 Å². The fraction of sp³-hybridized carbons (Fsp3) is 0.300. The maximum atomic E-state index is 12.5. The molecule has 1 unspecified atom stereocenters. The van der Waals surface area contributed by atoms with Gasteiger partial charge in [0.15, 0.2) is 11.0 Å². The number of nitrogens with zero attached hydrogens (tertiary/aromatic N) is 5. The van der Waals surface area contributed by atoms with Crippen LogP contribution in [0, 0.1) is 0 Å². The van der Waals surface area contributed by atoms with Crippen molar-refractivity contribution >= 4 is 44.7 Å². The molecule has 10 heteroatoms. The Morgan fingerprint density at radius 1 is 1.30 bits per heavy atom. The summed E-state index contributed by atoms with van der Waals surface area (Å²) in [6, 6.07) is 9.36. The van der Waals surface area contributed by atoms with E-state index in [-0.39, 0.29) is 11.7 Å². The summed E-state index contributed by atoms with van der Waals surface area (Å²) >= 11 is 6.58. The first-order chi connectivity index (χ1) is 14.7. The summed E-state index contributed by atoms with van der Waals surface area (Å²) in [7, 11) is 0. The molecule has 7 nitrogen and oxygen atoms in total. The molecule has 5 heterocycles. The summed E-state index contributed by atoms with van der Waals surface area (Å²) in [5, 5.41) is 11.7. The Bertz CT molecular complexity index is 1230. The molecule has 1 fully saturated rings. The Balaban J connectivity index is 1.42. The van der Waals surface area contributed by atoms with Crippen LogP contribution >= 0.6 is 39.0 Å². The largest absolute Gasteiger partial charge is 0.376 e. The van der Waals surface area contributed by atoms with Crippen LogP contribution in [0.4, 0.5) is 0 Å². The quantitative estimate of drug-likeness (QED) is 0.366. The van der Waals surface area contributed by atoms with Gasteiger partial charge in [0.2, 0.25) is 0 Å². The monoisotopic (exact) mass is 503 g/mol. The molecule has 0 spiro atoms. The van der Waals surface area contributed by atoms with Gasteiger partial charge in [0, 0.05) is 29.1 Å². The van der Waals surface area contributed by atoms with Gasteiger partial charge in [-0.15, -0.1) is 21.5 Å². The van der Waals surface area contributed by atoms with Gasteiger partial charge in [-0.05, 0) is 52.4 Å². The molecule has 0 N–H and O–H groups in total. The summed E-state index contributed by atoms with van der Waals surface area (Å²) in [5.41, 5.74) is 1.25. The number of fused-ring (bicyclic) bond motifs is 1. The Hall–Kier alpha value is -2.01. The zero-order chi connectivity index (χ0) is 20.5. The first-order valence-electron chi connectivity index (χ1n) is 9.57. The molecular weight excluding hydrogens is 486 g/mol. The van der Waals surface area contributed by atoms with E-state index in [1.165, 1.54) is 4.40 Å².